The highest BCUT2D eigenvalue weighted by Crippen LogP contribution is 2.26. The van der Waals surface area contributed by atoms with E-state index in [1.54, 1.807) is 18.2 Å². The molecule has 0 aliphatic rings. The minimum Gasteiger partial charge on any atom is -0.481 e. The summed E-state index contributed by atoms with van der Waals surface area (Å²) < 4.78 is 0. The first-order valence-corrected chi connectivity index (χ1v) is 8.40. The van der Waals surface area contributed by atoms with E-state index in [2.05, 4.69) is 6.92 Å². The second-order valence-electron chi connectivity index (χ2n) is 5.94. The fourth-order valence-electron chi connectivity index (χ4n) is 2.84. The van der Waals surface area contributed by atoms with E-state index in [0.29, 0.717) is 17.5 Å². The Morgan fingerprint density at radius 2 is 1.59 bits per heavy atom. The SMILES string of the molecule is CCCCCCCCCC(C(=O)O)c1ccccc1C(C)=O. The van der Waals surface area contributed by atoms with Gasteiger partial charge >= 0.3 is 5.97 Å². The third kappa shape index (κ3) is 6.00. The third-order valence-electron chi connectivity index (χ3n) is 4.11. The van der Waals surface area contributed by atoms with Gasteiger partial charge in [-0.05, 0) is 18.9 Å². The van der Waals surface area contributed by atoms with Crippen molar-refractivity contribution in [3.63, 3.8) is 0 Å². The van der Waals surface area contributed by atoms with Gasteiger partial charge in [-0.1, -0.05) is 76.1 Å². The molecule has 0 aliphatic heterocycles. The number of carbonyl (C=O) groups excluding carboxylic acids is 1. The van der Waals surface area contributed by atoms with Crippen LogP contribution in [0.25, 0.3) is 0 Å². The molecule has 0 spiro atoms. The van der Waals surface area contributed by atoms with Crippen molar-refractivity contribution in [2.45, 2.75) is 71.1 Å². The largest absolute Gasteiger partial charge is 0.481 e. The molecule has 0 saturated carbocycles. The lowest BCUT2D eigenvalue weighted by Gasteiger charge is -2.15. The van der Waals surface area contributed by atoms with Crippen LogP contribution in [-0.4, -0.2) is 16.9 Å². The van der Waals surface area contributed by atoms with Crippen molar-refractivity contribution < 1.29 is 14.7 Å². The van der Waals surface area contributed by atoms with Crippen molar-refractivity contribution in [1.82, 2.24) is 0 Å². The molecule has 1 unspecified atom stereocenters. The molecule has 3 heteroatoms. The Morgan fingerprint density at radius 1 is 1.00 bits per heavy atom. The summed E-state index contributed by atoms with van der Waals surface area (Å²) in [5.74, 6) is -1.48. The van der Waals surface area contributed by atoms with E-state index in [-0.39, 0.29) is 5.78 Å². The number of rotatable bonds is 11. The lowest BCUT2D eigenvalue weighted by Crippen LogP contribution is -2.15. The van der Waals surface area contributed by atoms with Crippen LogP contribution in [0.3, 0.4) is 0 Å². The van der Waals surface area contributed by atoms with E-state index in [1.165, 1.54) is 39.0 Å². The number of carbonyl (C=O) groups is 2. The zero-order valence-electron chi connectivity index (χ0n) is 13.8. The maximum atomic E-state index is 11.7. The van der Waals surface area contributed by atoms with Crippen LogP contribution < -0.4 is 0 Å². The van der Waals surface area contributed by atoms with Crippen LogP contribution in [0.15, 0.2) is 24.3 Å². The number of unbranched alkanes of at least 4 members (excludes halogenated alkanes) is 6. The molecule has 0 radical (unpaired) electrons. The van der Waals surface area contributed by atoms with Crippen LogP contribution in [0.4, 0.5) is 0 Å². The molecule has 1 N–H and O–H groups in total. The zero-order valence-corrected chi connectivity index (χ0v) is 13.8. The van der Waals surface area contributed by atoms with Crippen molar-refractivity contribution in [1.29, 1.82) is 0 Å². The topological polar surface area (TPSA) is 54.4 Å². The first-order valence-electron chi connectivity index (χ1n) is 8.40. The first-order chi connectivity index (χ1) is 10.6. The summed E-state index contributed by atoms with van der Waals surface area (Å²) >= 11 is 0. The monoisotopic (exact) mass is 304 g/mol. The standard InChI is InChI=1S/C19H28O3/c1-3-4-5-6-7-8-9-14-18(19(21)22)17-13-11-10-12-16(17)15(2)20/h10-13,18H,3-9,14H2,1-2H3,(H,21,22). The maximum absolute atomic E-state index is 11.7. The van der Waals surface area contributed by atoms with Crippen LogP contribution in [-0.2, 0) is 4.79 Å². The molecule has 122 valence electrons. The Morgan fingerprint density at radius 3 is 2.18 bits per heavy atom. The molecule has 0 fully saturated rings. The number of carboxylic acid groups (broad SMARTS) is 1. The Kier molecular flexibility index (Phi) is 8.49. The normalized spacial score (nSPS) is 12.1. The van der Waals surface area contributed by atoms with E-state index in [9.17, 15) is 14.7 Å². The van der Waals surface area contributed by atoms with Crippen LogP contribution in [0.5, 0.6) is 0 Å². The summed E-state index contributed by atoms with van der Waals surface area (Å²) in [5.41, 5.74) is 1.20. The predicted molar refractivity (Wildman–Crippen MR) is 89.4 cm³/mol. The van der Waals surface area contributed by atoms with Gasteiger partial charge in [0, 0.05) is 5.56 Å². The minimum atomic E-state index is -0.834. The number of ketones is 1. The van der Waals surface area contributed by atoms with Gasteiger partial charge in [-0.3, -0.25) is 9.59 Å². The molecule has 0 amide bonds. The molecule has 1 rings (SSSR count). The summed E-state index contributed by atoms with van der Waals surface area (Å²) in [4.78, 5) is 23.2. The minimum absolute atomic E-state index is 0.0681. The Hall–Kier alpha value is -1.64. The zero-order chi connectivity index (χ0) is 16.4. The van der Waals surface area contributed by atoms with Gasteiger partial charge < -0.3 is 5.11 Å². The summed E-state index contributed by atoms with van der Waals surface area (Å²) in [6.45, 7) is 3.69. The molecular formula is C19H28O3. The average molecular weight is 304 g/mol. The highest BCUT2D eigenvalue weighted by atomic mass is 16.4. The highest BCUT2D eigenvalue weighted by Gasteiger charge is 2.23. The molecule has 1 aromatic carbocycles. The van der Waals surface area contributed by atoms with E-state index in [0.717, 1.165) is 12.8 Å². The number of benzene rings is 1. The quantitative estimate of drug-likeness (QED) is 0.451. The second-order valence-corrected chi connectivity index (χ2v) is 5.94. The molecule has 22 heavy (non-hydrogen) atoms. The van der Waals surface area contributed by atoms with Crippen molar-refractivity contribution in [3.8, 4) is 0 Å². The van der Waals surface area contributed by atoms with Crippen LogP contribution in [0.2, 0.25) is 0 Å². The van der Waals surface area contributed by atoms with Gasteiger partial charge in [0.1, 0.15) is 0 Å². The summed E-state index contributed by atoms with van der Waals surface area (Å²) in [6, 6.07) is 7.09. The van der Waals surface area contributed by atoms with E-state index in [4.69, 9.17) is 0 Å². The molecule has 0 heterocycles. The second kappa shape index (κ2) is 10.1. The van der Waals surface area contributed by atoms with E-state index >= 15 is 0 Å². The molecule has 0 aliphatic carbocycles. The van der Waals surface area contributed by atoms with E-state index < -0.39 is 11.9 Å². The number of Topliss-reactive ketones (excluding diaryl/α,β-unsaturated/α-hetero) is 1. The summed E-state index contributed by atoms with van der Waals surface area (Å²) in [6.07, 6.45) is 8.76. The van der Waals surface area contributed by atoms with Crippen LogP contribution >= 0.6 is 0 Å². The molecule has 3 nitrogen and oxygen atoms in total. The van der Waals surface area contributed by atoms with Crippen molar-refractivity contribution in [3.05, 3.63) is 35.4 Å². The number of carboxylic acids is 1. The molecule has 0 saturated heterocycles. The number of hydrogen-bond donors (Lipinski definition) is 1. The van der Waals surface area contributed by atoms with Gasteiger partial charge in [-0.25, -0.2) is 0 Å². The van der Waals surface area contributed by atoms with Gasteiger partial charge in [-0.15, -0.1) is 0 Å². The van der Waals surface area contributed by atoms with Crippen molar-refractivity contribution >= 4 is 11.8 Å². The van der Waals surface area contributed by atoms with Gasteiger partial charge in [0.15, 0.2) is 5.78 Å². The molecule has 0 bridgehead atoms. The van der Waals surface area contributed by atoms with Gasteiger partial charge in [0.25, 0.3) is 0 Å². The van der Waals surface area contributed by atoms with Crippen LogP contribution in [0.1, 0.15) is 87.1 Å². The fourth-order valence-corrected chi connectivity index (χ4v) is 2.84. The Balaban J connectivity index is 2.56. The van der Waals surface area contributed by atoms with E-state index in [1.807, 2.05) is 6.07 Å². The Bertz CT molecular complexity index is 479. The predicted octanol–water partition coefficient (Wildman–Crippen LogP) is 5.20. The summed E-state index contributed by atoms with van der Waals surface area (Å²) in [5, 5.41) is 9.49. The third-order valence-corrected chi connectivity index (χ3v) is 4.11. The Labute approximate surface area is 133 Å². The summed E-state index contributed by atoms with van der Waals surface area (Å²) in [7, 11) is 0. The lowest BCUT2D eigenvalue weighted by molar-refractivity contribution is -0.139. The lowest BCUT2D eigenvalue weighted by atomic mass is 9.88. The van der Waals surface area contributed by atoms with Crippen molar-refractivity contribution in [2.75, 3.05) is 0 Å². The smallest absolute Gasteiger partial charge is 0.310 e. The fraction of sp³-hybridized carbons (Fsp3) is 0.579. The number of aliphatic carboxylic acids is 1. The van der Waals surface area contributed by atoms with Crippen molar-refractivity contribution in [2.24, 2.45) is 0 Å². The molecule has 0 aromatic heterocycles. The van der Waals surface area contributed by atoms with Gasteiger partial charge in [0.05, 0.1) is 5.92 Å². The van der Waals surface area contributed by atoms with Crippen LogP contribution in [0, 0.1) is 0 Å². The number of hydrogen-bond acceptors (Lipinski definition) is 2. The highest BCUT2D eigenvalue weighted by molar-refractivity contribution is 5.97. The average Bonchev–Trinajstić information content (AvgIpc) is 2.49. The first kappa shape index (κ1) is 18.4. The maximum Gasteiger partial charge on any atom is 0.310 e. The molecule has 1 aromatic rings. The molecule has 1 atom stereocenters. The van der Waals surface area contributed by atoms with Gasteiger partial charge in [0.2, 0.25) is 0 Å². The van der Waals surface area contributed by atoms with Gasteiger partial charge in [-0.2, -0.15) is 0 Å². The molecular weight excluding hydrogens is 276 g/mol.